The number of benzene rings is 1. The van der Waals surface area contributed by atoms with Crippen molar-refractivity contribution in [3.05, 3.63) is 28.2 Å². The van der Waals surface area contributed by atoms with Crippen molar-refractivity contribution in [2.45, 2.75) is 20.3 Å². The summed E-state index contributed by atoms with van der Waals surface area (Å²) in [6.45, 7) is 4.82. The zero-order valence-electron chi connectivity index (χ0n) is 12.2. The Labute approximate surface area is 132 Å². The van der Waals surface area contributed by atoms with E-state index in [0.717, 1.165) is 23.0 Å². The molecule has 0 atom stereocenters. The lowest BCUT2D eigenvalue weighted by Gasteiger charge is -2.09. The van der Waals surface area contributed by atoms with Crippen LogP contribution in [0.15, 0.2) is 22.7 Å². The molecule has 0 saturated carbocycles. The van der Waals surface area contributed by atoms with Crippen LogP contribution in [0.25, 0.3) is 0 Å². The third kappa shape index (κ3) is 4.29. The van der Waals surface area contributed by atoms with E-state index >= 15 is 0 Å². The maximum atomic E-state index is 5.67. The Morgan fingerprint density at radius 1 is 1.19 bits per heavy atom. The van der Waals surface area contributed by atoms with Crippen molar-refractivity contribution in [2.24, 2.45) is 0 Å². The van der Waals surface area contributed by atoms with Gasteiger partial charge in [-0.3, -0.25) is 0 Å². The molecule has 1 aromatic heterocycles. The van der Waals surface area contributed by atoms with Crippen LogP contribution in [0.3, 0.4) is 0 Å². The molecule has 0 aliphatic rings. The van der Waals surface area contributed by atoms with Crippen LogP contribution in [0.4, 0.5) is 5.95 Å². The fourth-order valence-electron chi connectivity index (χ4n) is 1.58. The van der Waals surface area contributed by atoms with Crippen molar-refractivity contribution in [1.82, 2.24) is 15.0 Å². The average Bonchev–Trinajstić information content (AvgIpc) is 2.48. The molecule has 1 aromatic carbocycles. The molecule has 0 spiro atoms. The molecule has 7 heteroatoms. The SMILES string of the molecule is CCCNc1nc(OC)nc(Oc2ccc(Br)c(C)c2)n1. The van der Waals surface area contributed by atoms with Gasteiger partial charge in [0.15, 0.2) is 0 Å². The highest BCUT2D eigenvalue weighted by molar-refractivity contribution is 9.10. The van der Waals surface area contributed by atoms with Gasteiger partial charge >= 0.3 is 12.0 Å². The molecule has 0 unspecified atom stereocenters. The summed E-state index contributed by atoms with van der Waals surface area (Å²) in [4.78, 5) is 12.4. The highest BCUT2D eigenvalue weighted by atomic mass is 79.9. The summed E-state index contributed by atoms with van der Waals surface area (Å²) in [6, 6.07) is 6.07. The fraction of sp³-hybridized carbons (Fsp3) is 0.357. The standard InChI is InChI=1S/C14H17BrN4O2/c1-4-7-16-12-17-13(20-3)19-14(18-12)21-10-5-6-11(15)9(2)8-10/h5-6,8H,4,7H2,1-3H3,(H,16,17,18,19). The van der Waals surface area contributed by atoms with Gasteiger partial charge in [0, 0.05) is 11.0 Å². The van der Waals surface area contributed by atoms with Gasteiger partial charge in [-0.2, -0.15) is 9.97 Å². The van der Waals surface area contributed by atoms with Crippen LogP contribution in [-0.2, 0) is 0 Å². The van der Waals surface area contributed by atoms with Gasteiger partial charge in [0.2, 0.25) is 5.95 Å². The second-order valence-corrected chi connectivity index (χ2v) is 5.22. The first-order valence-corrected chi connectivity index (χ1v) is 7.39. The molecule has 0 radical (unpaired) electrons. The topological polar surface area (TPSA) is 69.2 Å². The van der Waals surface area contributed by atoms with Gasteiger partial charge in [-0.15, -0.1) is 4.98 Å². The largest absolute Gasteiger partial charge is 0.467 e. The Balaban J connectivity index is 2.23. The Morgan fingerprint density at radius 3 is 2.62 bits per heavy atom. The first-order chi connectivity index (χ1) is 10.1. The summed E-state index contributed by atoms with van der Waals surface area (Å²) < 4.78 is 11.8. The van der Waals surface area contributed by atoms with Gasteiger partial charge in [0.1, 0.15) is 5.75 Å². The predicted molar refractivity (Wildman–Crippen MR) is 84.1 cm³/mol. The smallest absolute Gasteiger partial charge is 0.330 e. The molecular formula is C14H17BrN4O2. The minimum absolute atomic E-state index is 0.196. The Bertz CT molecular complexity index is 622. The summed E-state index contributed by atoms with van der Waals surface area (Å²) >= 11 is 3.45. The van der Waals surface area contributed by atoms with E-state index in [4.69, 9.17) is 9.47 Å². The highest BCUT2D eigenvalue weighted by Crippen LogP contribution is 2.25. The monoisotopic (exact) mass is 352 g/mol. The van der Waals surface area contributed by atoms with Gasteiger partial charge < -0.3 is 14.8 Å². The molecule has 0 bridgehead atoms. The van der Waals surface area contributed by atoms with E-state index < -0.39 is 0 Å². The zero-order chi connectivity index (χ0) is 15.2. The molecule has 2 rings (SSSR count). The number of hydrogen-bond acceptors (Lipinski definition) is 6. The molecule has 0 amide bonds. The lowest BCUT2D eigenvalue weighted by molar-refractivity contribution is 0.360. The van der Waals surface area contributed by atoms with Gasteiger partial charge in [-0.25, -0.2) is 0 Å². The van der Waals surface area contributed by atoms with Gasteiger partial charge in [0.05, 0.1) is 7.11 Å². The van der Waals surface area contributed by atoms with Crippen LogP contribution in [0.1, 0.15) is 18.9 Å². The molecule has 2 aromatic rings. The summed E-state index contributed by atoms with van der Waals surface area (Å²) in [5, 5.41) is 3.09. The molecule has 0 fully saturated rings. The molecule has 0 aliphatic heterocycles. The van der Waals surface area contributed by atoms with E-state index in [1.165, 1.54) is 7.11 Å². The normalized spacial score (nSPS) is 10.3. The van der Waals surface area contributed by atoms with E-state index in [0.29, 0.717) is 11.7 Å². The maximum Gasteiger partial charge on any atom is 0.330 e. The van der Waals surface area contributed by atoms with Crippen LogP contribution in [-0.4, -0.2) is 28.6 Å². The number of aromatic nitrogens is 3. The number of halogens is 1. The van der Waals surface area contributed by atoms with Crippen LogP contribution in [0, 0.1) is 6.92 Å². The van der Waals surface area contributed by atoms with E-state index in [1.54, 1.807) is 0 Å². The summed E-state index contributed by atoms with van der Waals surface area (Å²) in [7, 11) is 1.51. The van der Waals surface area contributed by atoms with Crippen molar-refractivity contribution in [3.63, 3.8) is 0 Å². The quantitative estimate of drug-likeness (QED) is 0.856. The molecule has 0 aliphatic carbocycles. The second kappa shape index (κ2) is 7.21. The van der Waals surface area contributed by atoms with Gasteiger partial charge in [0.25, 0.3) is 0 Å². The fourth-order valence-corrected chi connectivity index (χ4v) is 1.82. The summed E-state index contributed by atoms with van der Waals surface area (Å²) in [5.74, 6) is 1.10. The molecule has 1 heterocycles. The molecular weight excluding hydrogens is 336 g/mol. The minimum Gasteiger partial charge on any atom is -0.467 e. The van der Waals surface area contributed by atoms with Crippen molar-refractivity contribution in [3.8, 4) is 17.8 Å². The van der Waals surface area contributed by atoms with Crippen molar-refractivity contribution in [1.29, 1.82) is 0 Å². The van der Waals surface area contributed by atoms with Crippen LogP contribution in [0.2, 0.25) is 0 Å². The number of nitrogens with one attached hydrogen (secondary N) is 1. The third-order valence-electron chi connectivity index (χ3n) is 2.65. The van der Waals surface area contributed by atoms with E-state index in [-0.39, 0.29) is 12.0 Å². The van der Waals surface area contributed by atoms with Crippen LogP contribution in [0.5, 0.6) is 17.8 Å². The van der Waals surface area contributed by atoms with Crippen molar-refractivity contribution < 1.29 is 9.47 Å². The third-order valence-corrected chi connectivity index (χ3v) is 3.54. The molecule has 112 valence electrons. The highest BCUT2D eigenvalue weighted by Gasteiger charge is 2.09. The number of methoxy groups -OCH3 is 1. The Morgan fingerprint density at radius 2 is 1.95 bits per heavy atom. The zero-order valence-corrected chi connectivity index (χ0v) is 13.8. The molecule has 0 saturated heterocycles. The van der Waals surface area contributed by atoms with E-state index in [9.17, 15) is 0 Å². The maximum absolute atomic E-state index is 5.67. The summed E-state index contributed by atoms with van der Waals surface area (Å²) in [5.41, 5.74) is 1.07. The Hall–Kier alpha value is -1.89. The number of ether oxygens (including phenoxy) is 2. The number of hydrogen-bond donors (Lipinski definition) is 1. The van der Waals surface area contributed by atoms with Crippen LogP contribution < -0.4 is 14.8 Å². The molecule has 1 N–H and O–H groups in total. The lowest BCUT2D eigenvalue weighted by atomic mass is 10.2. The average molecular weight is 353 g/mol. The van der Waals surface area contributed by atoms with Gasteiger partial charge in [-0.05, 0) is 37.1 Å². The molecule has 21 heavy (non-hydrogen) atoms. The first-order valence-electron chi connectivity index (χ1n) is 6.60. The van der Waals surface area contributed by atoms with Crippen molar-refractivity contribution >= 4 is 21.9 Å². The predicted octanol–water partition coefficient (Wildman–Crippen LogP) is 3.57. The van der Waals surface area contributed by atoms with Gasteiger partial charge in [-0.1, -0.05) is 22.9 Å². The minimum atomic E-state index is 0.196. The summed E-state index contributed by atoms with van der Waals surface area (Å²) in [6.07, 6.45) is 0.968. The van der Waals surface area contributed by atoms with Crippen LogP contribution >= 0.6 is 15.9 Å². The number of aryl methyl sites for hydroxylation is 1. The number of anilines is 1. The lowest BCUT2D eigenvalue weighted by Crippen LogP contribution is -2.07. The molecule has 6 nitrogen and oxygen atoms in total. The first kappa shape index (κ1) is 15.5. The Kier molecular flexibility index (Phi) is 5.32. The van der Waals surface area contributed by atoms with Crippen molar-refractivity contribution in [2.75, 3.05) is 19.0 Å². The van der Waals surface area contributed by atoms with E-state index in [2.05, 4.69) is 43.1 Å². The number of nitrogens with zero attached hydrogens (tertiary/aromatic N) is 3. The second-order valence-electron chi connectivity index (χ2n) is 4.37. The number of rotatable bonds is 6. The van der Waals surface area contributed by atoms with E-state index in [1.807, 2.05) is 25.1 Å².